The minimum Gasteiger partial charge on any atom is -0.496 e. The van der Waals surface area contributed by atoms with Crippen molar-refractivity contribution in [3.05, 3.63) is 28.8 Å². The number of aliphatic hydroxyl groups excluding tert-OH is 1. The van der Waals surface area contributed by atoms with Crippen LogP contribution >= 0.6 is 0 Å². The number of aliphatic hydroxyl groups is 1. The second-order valence-corrected chi connectivity index (χ2v) is 5.06. The zero-order chi connectivity index (χ0) is 11.9. The maximum atomic E-state index is 9.59. The molecule has 1 aromatic rings. The van der Waals surface area contributed by atoms with Gasteiger partial charge in [0.25, 0.3) is 0 Å². The molecule has 0 aromatic heterocycles. The molecule has 0 bridgehead atoms. The molecular formula is C14H20O2. The number of hydrogen-bond acceptors (Lipinski definition) is 2. The standard InChI is InChI=1S/C14H20O2/c1-9-6-13(16-4)10(2)5-12(9)14(8-15)7-11(14)3/h5-6,11,15H,7-8H2,1-4H3. The molecule has 16 heavy (non-hydrogen) atoms. The fraction of sp³-hybridized carbons (Fsp3) is 0.571. The fourth-order valence-electron chi connectivity index (χ4n) is 2.71. The maximum Gasteiger partial charge on any atom is 0.122 e. The number of ether oxygens (including phenoxy) is 1. The van der Waals surface area contributed by atoms with Crippen LogP contribution < -0.4 is 4.74 Å². The quantitative estimate of drug-likeness (QED) is 0.848. The van der Waals surface area contributed by atoms with E-state index in [-0.39, 0.29) is 12.0 Å². The van der Waals surface area contributed by atoms with Crippen molar-refractivity contribution in [2.75, 3.05) is 13.7 Å². The maximum absolute atomic E-state index is 9.59. The average Bonchev–Trinajstić information content (AvgIpc) is 2.93. The van der Waals surface area contributed by atoms with Crippen LogP contribution in [0.4, 0.5) is 0 Å². The van der Waals surface area contributed by atoms with E-state index >= 15 is 0 Å². The van der Waals surface area contributed by atoms with Crippen molar-refractivity contribution in [2.24, 2.45) is 5.92 Å². The lowest BCUT2D eigenvalue weighted by molar-refractivity contribution is 0.246. The highest BCUT2D eigenvalue weighted by Crippen LogP contribution is 2.55. The Bertz CT molecular complexity index is 407. The highest BCUT2D eigenvalue weighted by molar-refractivity contribution is 5.47. The normalized spacial score (nSPS) is 27.9. The van der Waals surface area contributed by atoms with E-state index in [1.807, 2.05) is 0 Å². The topological polar surface area (TPSA) is 29.5 Å². The molecule has 0 saturated heterocycles. The Kier molecular flexibility index (Phi) is 2.70. The van der Waals surface area contributed by atoms with Crippen molar-refractivity contribution in [1.29, 1.82) is 0 Å². The van der Waals surface area contributed by atoms with Crippen molar-refractivity contribution in [3.63, 3.8) is 0 Å². The fourth-order valence-corrected chi connectivity index (χ4v) is 2.71. The number of aryl methyl sites for hydroxylation is 2. The number of rotatable bonds is 3. The van der Waals surface area contributed by atoms with Crippen LogP contribution in [0.15, 0.2) is 12.1 Å². The molecule has 88 valence electrons. The van der Waals surface area contributed by atoms with E-state index in [1.54, 1.807) is 7.11 Å². The number of benzene rings is 1. The summed E-state index contributed by atoms with van der Waals surface area (Å²) in [5.74, 6) is 1.52. The van der Waals surface area contributed by atoms with Crippen LogP contribution in [-0.4, -0.2) is 18.8 Å². The highest BCUT2D eigenvalue weighted by atomic mass is 16.5. The van der Waals surface area contributed by atoms with Crippen molar-refractivity contribution >= 4 is 0 Å². The van der Waals surface area contributed by atoms with Gasteiger partial charge in [-0.2, -0.15) is 0 Å². The third-order valence-corrected chi connectivity index (χ3v) is 4.01. The Hall–Kier alpha value is -1.02. The monoisotopic (exact) mass is 220 g/mol. The molecular weight excluding hydrogens is 200 g/mol. The van der Waals surface area contributed by atoms with Gasteiger partial charge in [-0.3, -0.25) is 0 Å². The zero-order valence-corrected chi connectivity index (χ0v) is 10.5. The molecule has 0 amide bonds. The summed E-state index contributed by atoms with van der Waals surface area (Å²) in [6.45, 7) is 6.61. The molecule has 2 heteroatoms. The average molecular weight is 220 g/mol. The van der Waals surface area contributed by atoms with Crippen molar-refractivity contribution in [2.45, 2.75) is 32.6 Å². The number of methoxy groups -OCH3 is 1. The Morgan fingerprint density at radius 3 is 2.44 bits per heavy atom. The summed E-state index contributed by atoms with van der Waals surface area (Å²) in [4.78, 5) is 0. The van der Waals surface area contributed by atoms with Gasteiger partial charge in [-0.05, 0) is 48.9 Å². The molecule has 1 aromatic carbocycles. The summed E-state index contributed by atoms with van der Waals surface area (Å²) in [5.41, 5.74) is 3.68. The van der Waals surface area contributed by atoms with E-state index in [0.717, 1.165) is 17.7 Å². The third-order valence-electron chi connectivity index (χ3n) is 4.01. The van der Waals surface area contributed by atoms with Crippen molar-refractivity contribution in [3.8, 4) is 5.75 Å². The van der Waals surface area contributed by atoms with E-state index in [0.29, 0.717) is 5.92 Å². The van der Waals surface area contributed by atoms with Gasteiger partial charge in [-0.1, -0.05) is 13.0 Å². The van der Waals surface area contributed by atoms with Gasteiger partial charge in [0, 0.05) is 5.41 Å². The van der Waals surface area contributed by atoms with E-state index < -0.39 is 0 Å². The van der Waals surface area contributed by atoms with Crippen LogP contribution in [-0.2, 0) is 5.41 Å². The van der Waals surface area contributed by atoms with Crippen molar-refractivity contribution < 1.29 is 9.84 Å². The first-order chi connectivity index (χ1) is 7.55. The lowest BCUT2D eigenvalue weighted by atomic mass is 9.89. The first kappa shape index (κ1) is 11.5. The molecule has 0 radical (unpaired) electrons. The van der Waals surface area contributed by atoms with Crippen LogP contribution in [0.5, 0.6) is 5.75 Å². The lowest BCUT2D eigenvalue weighted by Gasteiger charge is -2.19. The number of hydrogen-bond donors (Lipinski definition) is 1. The summed E-state index contributed by atoms with van der Waals surface area (Å²) in [6.07, 6.45) is 1.09. The Morgan fingerprint density at radius 1 is 1.38 bits per heavy atom. The van der Waals surface area contributed by atoms with E-state index in [9.17, 15) is 5.11 Å². The molecule has 0 heterocycles. The van der Waals surface area contributed by atoms with E-state index in [4.69, 9.17) is 4.74 Å². The highest BCUT2D eigenvalue weighted by Gasteiger charge is 2.52. The molecule has 2 atom stereocenters. The zero-order valence-electron chi connectivity index (χ0n) is 10.5. The molecule has 1 fully saturated rings. The molecule has 1 aliphatic carbocycles. The Labute approximate surface area is 97.3 Å². The van der Waals surface area contributed by atoms with Gasteiger partial charge >= 0.3 is 0 Å². The van der Waals surface area contributed by atoms with Gasteiger partial charge in [-0.15, -0.1) is 0 Å². The third kappa shape index (κ3) is 1.52. The van der Waals surface area contributed by atoms with Gasteiger partial charge in [0.1, 0.15) is 5.75 Å². The van der Waals surface area contributed by atoms with Gasteiger partial charge in [0.15, 0.2) is 0 Å². The van der Waals surface area contributed by atoms with Crippen LogP contribution in [0.1, 0.15) is 30.0 Å². The second kappa shape index (κ2) is 3.77. The SMILES string of the molecule is COc1cc(C)c(C2(CO)CC2C)cc1C. The molecule has 2 unspecified atom stereocenters. The minimum atomic E-state index is 0.0150. The van der Waals surface area contributed by atoms with E-state index in [2.05, 4.69) is 32.9 Å². The molecule has 1 aliphatic rings. The van der Waals surface area contributed by atoms with Crippen LogP contribution in [0.25, 0.3) is 0 Å². The summed E-state index contributed by atoms with van der Waals surface area (Å²) in [7, 11) is 1.70. The molecule has 2 nitrogen and oxygen atoms in total. The summed E-state index contributed by atoms with van der Waals surface area (Å²) in [5, 5.41) is 9.59. The van der Waals surface area contributed by atoms with Gasteiger partial charge in [0.05, 0.1) is 13.7 Å². The lowest BCUT2D eigenvalue weighted by Crippen LogP contribution is -2.16. The predicted molar refractivity (Wildman–Crippen MR) is 65.0 cm³/mol. The molecule has 0 aliphatic heterocycles. The second-order valence-electron chi connectivity index (χ2n) is 5.06. The summed E-state index contributed by atoms with van der Waals surface area (Å²) in [6, 6.07) is 4.25. The van der Waals surface area contributed by atoms with Crippen LogP contribution in [0.2, 0.25) is 0 Å². The largest absolute Gasteiger partial charge is 0.496 e. The van der Waals surface area contributed by atoms with Crippen LogP contribution in [0.3, 0.4) is 0 Å². The van der Waals surface area contributed by atoms with Crippen molar-refractivity contribution in [1.82, 2.24) is 0 Å². The Morgan fingerprint density at radius 2 is 2.00 bits per heavy atom. The Balaban J connectivity index is 2.47. The molecule has 1 N–H and O–H groups in total. The molecule has 0 spiro atoms. The van der Waals surface area contributed by atoms with Crippen LogP contribution in [0, 0.1) is 19.8 Å². The predicted octanol–water partition coefficient (Wildman–Crippen LogP) is 2.58. The van der Waals surface area contributed by atoms with Gasteiger partial charge in [-0.25, -0.2) is 0 Å². The van der Waals surface area contributed by atoms with Gasteiger partial charge < -0.3 is 9.84 Å². The summed E-state index contributed by atoms with van der Waals surface area (Å²) >= 11 is 0. The molecule has 2 rings (SSSR count). The smallest absolute Gasteiger partial charge is 0.122 e. The first-order valence-electron chi connectivity index (χ1n) is 5.81. The molecule has 1 saturated carbocycles. The first-order valence-corrected chi connectivity index (χ1v) is 5.81. The summed E-state index contributed by atoms with van der Waals surface area (Å²) < 4.78 is 5.31. The van der Waals surface area contributed by atoms with Gasteiger partial charge in [0.2, 0.25) is 0 Å². The minimum absolute atomic E-state index is 0.0150. The van der Waals surface area contributed by atoms with E-state index in [1.165, 1.54) is 11.1 Å².